The second-order valence-corrected chi connectivity index (χ2v) is 4.36. The zero-order valence-corrected chi connectivity index (χ0v) is 11.3. The summed E-state index contributed by atoms with van der Waals surface area (Å²) in [6.45, 7) is 1.98. The lowest BCUT2D eigenvalue weighted by atomic mass is 10.1. The predicted octanol–water partition coefficient (Wildman–Crippen LogP) is 0.578. The minimum atomic E-state index is -0.625. The molecule has 5 heteroatoms. The number of rotatable bonds is 6. The summed E-state index contributed by atoms with van der Waals surface area (Å²) >= 11 is 0. The highest BCUT2D eigenvalue weighted by Crippen LogP contribution is 2.03. The van der Waals surface area contributed by atoms with E-state index in [2.05, 4.69) is 4.74 Å². The fraction of sp³-hybridized carbons (Fsp3) is 0.429. The van der Waals surface area contributed by atoms with Crippen LogP contribution in [0.4, 0.5) is 0 Å². The lowest BCUT2D eigenvalue weighted by molar-refractivity contribution is -0.147. The fourth-order valence-electron chi connectivity index (χ4n) is 1.68. The molecule has 0 heterocycles. The van der Waals surface area contributed by atoms with Crippen LogP contribution in [0.1, 0.15) is 12.5 Å². The molecule has 0 aromatic heterocycles. The highest BCUT2D eigenvalue weighted by Gasteiger charge is 2.20. The highest BCUT2D eigenvalue weighted by molar-refractivity contribution is 5.85. The maximum atomic E-state index is 11.9. The topological polar surface area (TPSA) is 72.6 Å². The summed E-state index contributed by atoms with van der Waals surface area (Å²) in [5.41, 5.74) is 6.69. The van der Waals surface area contributed by atoms with Crippen LogP contribution in [0.25, 0.3) is 0 Å². The molecule has 0 radical (unpaired) electrons. The van der Waals surface area contributed by atoms with Gasteiger partial charge in [0.25, 0.3) is 0 Å². The molecule has 5 nitrogen and oxygen atoms in total. The van der Waals surface area contributed by atoms with E-state index in [-0.39, 0.29) is 12.5 Å². The minimum absolute atomic E-state index is 0.0658. The molecule has 1 atom stereocenters. The number of esters is 1. The molecule has 1 amide bonds. The van der Waals surface area contributed by atoms with Gasteiger partial charge in [0, 0.05) is 6.54 Å². The van der Waals surface area contributed by atoms with Gasteiger partial charge in [0.15, 0.2) is 0 Å². The summed E-state index contributed by atoms with van der Waals surface area (Å²) in [4.78, 5) is 24.6. The minimum Gasteiger partial charge on any atom is -0.468 e. The molecule has 0 saturated heterocycles. The number of amides is 1. The summed E-state index contributed by atoms with van der Waals surface area (Å²) in [6.07, 6.45) is 0.677. The second kappa shape index (κ2) is 7.53. The lowest BCUT2D eigenvalue weighted by Gasteiger charge is -2.23. The molecule has 1 rings (SSSR count). The number of hydrogen-bond donors (Lipinski definition) is 1. The third kappa shape index (κ3) is 5.09. The van der Waals surface area contributed by atoms with Crippen LogP contribution in [0.2, 0.25) is 0 Å². The lowest BCUT2D eigenvalue weighted by Crippen LogP contribution is -2.45. The summed E-state index contributed by atoms with van der Waals surface area (Å²) in [5, 5.41) is 0. The first kappa shape index (κ1) is 15.2. The Labute approximate surface area is 113 Å². The van der Waals surface area contributed by atoms with Gasteiger partial charge in [-0.15, -0.1) is 0 Å². The molecular weight excluding hydrogens is 244 g/mol. The number of carbonyl (C=O) groups excluding carboxylic acids is 2. The Morgan fingerprint density at radius 3 is 2.47 bits per heavy atom. The van der Waals surface area contributed by atoms with Crippen LogP contribution >= 0.6 is 0 Å². The summed E-state index contributed by atoms with van der Waals surface area (Å²) < 4.78 is 4.59. The Bertz CT molecular complexity index is 418. The molecule has 0 aliphatic heterocycles. The van der Waals surface area contributed by atoms with Gasteiger partial charge in [0.05, 0.1) is 13.2 Å². The van der Waals surface area contributed by atoms with Crippen LogP contribution in [0.3, 0.4) is 0 Å². The van der Waals surface area contributed by atoms with Gasteiger partial charge >= 0.3 is 5.97 Å². The maximum Gasteiger partial charge on any atom is 0.325 e. The van der Waals surface area contributed by atoms with E-state index in [9.17, 15) is 9.59 Å². The fourth-order valence-corrected chi connectivity index (χ4v) is 1.68. The van der Waals surface area contributed by atoms with Gasteiger partial charge < -0.3 is 15.4 Å². The van der Waals surface area contributed by atoms with Crippen LogP contribution in [0.15, 0.2) is 30.3 Å². The molecule has 0 aliphatic rings. The molecule has 0 aliphatic carbocycles. The van der Waals surface area contributed by atoms with E-state index < -0.39 is 12.0 Å². The van der Waals surface area contributed by atoms with Gasteiger partial charge in [-0.3, -0.25) is 9.59 Å². The van der Waals surface area contributed by atoms with Crippen molar-refractivity contribution in [2.24, 2.45) is 5.73 Å². The van der Waals surface area contributed by atoms with Crippen molar-refractivity contribution >= 4 is 11.9 Å². The molecule has 0 spiro atoms. The van der Waals surface area contributed by atoms with Gasteiger partial charge in [-0.1, -0.05) is 30.3 Å². The largest absolute Gasteiger partial charge is 0.468 e. The predicted molar refractivity (Wildman–Crippen MR) is 72.4 cm³/mol. The van der Waals surface area contributed by atoms with Gasteiger partial charge in [-0.2, -0.15) is 0 Å². The van der Waals surface area contributed by atoms with Crippen molar-refractivity contribution in [1.29, 1.82) is 0 Å². The first-order valence-corrected chi connectivity index (χ1v) is 6.19. The maximum absolute atomic E-state index is 11.9. The number of ether oxygens (including phenoxy) is 1. The average molecular weight is 264 g/mol. The van der Waals surface area contributed by atoms with Gasteiger partial charge in [0.2, 0.25) is 5.91 Å². The molecule has 1 aromatic rings. The number of methoxy groups -OCH3 is 1. The molecule has 104 valence electrons. The van der Waals surface area contributed by atoms with Crippen molar-refractivity contribution in [2.45, 2.75) is 19.4 Å². The van der Waals surface area contributed by atoms with Gasteiger partial charge in [-0.25, -0.2) is 0 Å². The first-order valence-electron chi connectivity index (χ1n) is 6.19. The summed E-state index contributed by atoms with van der Waals surface area (Å²) in [5.74, 6) is -0.691. The van der Waals surface area contributed by atoms with Crippen LogP contribution < -0.4 is 5.73 Å². The number of nitrogens with zero attached hydrogens (tertiary/aromatic N) is 1. The summed E-state index contributed by atoms with van der Waals surface area (Å²) in [7, 11) is 1.30. The van der Waals surface area contributed by atoms with Gasteiger partial charge in [-0.05, 0) is 18.9 Å². The molecule has 2 N–H and O–H groups in total. The number of benzene rings is 1. The number of nitrogens with two attached hydrogens (primary N) is 1. The van der Waals surface area contributed by atoms with Crippen LogP contribution in [-0.2, 0) is 20.7 Å². The average Bonchev–Trinajstić information content (AvgIpc) is 2.43. The normalized spacial score (nSPS) is 11.7. The van der Waals surface area contributed by atoms with E-state index in [1.54, 1.807) is 6.92 Å². The van der Waals surface area contributed by atoms with Crippen molar-refractivity contribution in [2.75, 3.05) is 20.2 Å². The third-order valence-corrected chi connectivity index (χ3v) is 2.76. The van der Waals surface area contributed by atoms with E-state index >= 15 is 0 Å². The molecule has 0 fully saturated rings. The molecule has 1 aromatic carbocycles. The van der Waals surface area contributed by atoms with Gasteiger partial charge in [0.1, 0.15) is 6.54 Å². The Kier molecular flexibility index (Phi) is 6.02. The highest BCUT2D eigenvalue weighted by atomic mass is 16.5. The Morgan fingerprint density at radius 1 is 1.32 bits per heavy atom. The number of hydrogen-bond acceptors (Lipinski definition) is 4. The van der Waals surface area contributed by atoms with Crippen LogP contribution in [0, 0.1) is 0 Å². The monoisotopic (exact) mass is 264 g/mol. The van der Waals surface area contributed by atoms with E-state index in [0.717, 1.165) is 5.56 Å². The SMILES string of the molecule is COC(=O)CN(CCc1ccccc1)C(=O)C(C)N. The van der Waals surface area contributed by atoms with Crippen molar-refractivity contribution < 1.29 is 14.3 Å². The third-order valence-electron chi connectivity index (χ3n) is 2.76. The van der Waals surface area contributed by atoms with E-state index in [4.69, 9.17) is 5.73 Å². The molecule has 0 bridgehead atoms. The Hall–Kier alpha value is -1.88. The Balaban J connectivity index is 2.63. The number of carbonyl (C=O) groups is 2. The van der Waals surface area contributed by atoms with E-state index in [1.807, 2.05) is 30.3 Å². The summed E-state index contributed by atoms with van der Waals surface area (Å²) in [6, 6.07) is 9.14. The zero-order valence-electron chi connectivity index (χ0n) is 11.3. The van der Waals surface area contributed by atoms with Crippen LogP contribution in [-0.4, -0.2) is 43.0 Å². The van der Waals surface area contributed by atoms with E-state index in [0.29, 0.717) is 13.0 Å². The van der Waals surface area contributed by atoms with Crippen molar-refractivity contribution in [3.8, 4) is 0 Å². The molecule has 19 heavy (non-hydrogen) atoms. The van der Waals surface area contributed by atoms with Crippen molar-refractivity contribution in [3.63, 3.8) is 0 Å². The Morgan fingerprint density at radius 2 is 1.95 bits per heavy atom. The smallest absolute Gasteiger partial charge is 0.325 e. The standard InChI is InChI=1S/C14H20N2O3/c1-11(15)14(18)16(10-13(17)19-2)9-8-12-6-4-3-5-7-12/h3-7,11H,8-10,15H2,1-2H3. The quantitative estimate of drug-likeness (QED) is 0.763. The van der Waals surface area contributed by atoms with Crippen molar-refractivity contribution in [1.82, 2.24) is 4.90 Å². The van der Waals surface area contributed by atoms with Crippen molar-refractivity contribution in [3.05, 3.63) is 35.9 Å². The molecular formula is C14H20N2O3. The first-order chi connectivity index (χ1) is 9.04. The molecule has 1 unspecified atom stereocenters. The second-order valence-electron chi connectivity index (χ2n) is 4.36. The van der Waals surface area contributed by atoms with E-state index in [1.165, 1.54) is 12.0 Å². The molecule has 0 saturated carbocycles. The zero-order chi connectivity index (χ0) is 14.3. The van der Waals surface area contributed by atoms with Crippen LogP contribution in [0.5, 0.6) is 0 Å².